The molecule has 3 aromatic rings. The number of furan rings is 1. The first-order chi connectivity index (χ1) is 13.6. The molecule has 0 aliphatic carbocycles. The Labute approximate surface area is 165 Å². The van der Waals surface area contributed by atoms with E-state index in [4.69, 9.17) is 4.42 Å². The van der Waals surface area contributed by atoms with Crippen LogP contribution in [0.1, 0.15) is 27.1 Å². The predicted molar refractivity (Wildman–Crippen MR) is 105 cm³/mol. The molecular weight excluding hydrogens is 379 g/mol. The Morgan fingerprint density at radius 3 is 2.57 bits per heavy atom. The Morgan fingerprint density at radius 2 is 1.89 bits per heavy atom. The summed E-state index contributed by atoms with van der Waals surface area (Å²) >= 11 is 1.55. The summed E-state index contributed by atoms with van der Waals surface area (Å²) in [7, 11) is 0. The first-order valence-electron chi connectivity index (χ1n) is 8.70. The van der Waals surface area contributed by atoms with Gasteiger partial charge in [-0.05, 0) is 54.1 Å². The molecule has 1 N–H and O–H groups in total. The second kappa shape index (κ2) is 7.90. The quantitative estimate of drug-likeness (QED) is 0.692. The molecule has 4 rings (SSSR count). The van der Waals surface area contributed by atoms with E-state index < -0.39 is 0 Å². The normalized spacial score (nSPS) is 16.4. The Bertz CT molecular complexity index is 972. The second-order valence-corrected chi connectivity index (χ2v) is 7.42. The molecule has 2 heterocycles. The minimum absolute atomic E-state index is 0.0597. The third-order valence-corrected chi connectivity index (χ3v) is 5.69. The van der Waals surface area contributed by atoms with Crippen LogP contribution < -0.4 is 5.32 Å². The molecule has 1 atom stereocenters. The average molecular weight is 396 g/mol. The smallest absolute Gasteiger partial charge is 0.255 e. The van der Waals surface area contributed by atoms with E-state index in [1.54, 1.807) is 41.1 Å². The Kier molecular flexibility index (Phi) is 5.16. The molecule has 28 heavy (non-hydrogen) atoms. The van der Waals surface area contributed by atoms with Crippen LogP contribution in [-0.4, -0.2) is 22.5 Å². The van der Waals surface area contributed by atoms with Gasteiger partial charge >= 0.3 is 0 Å². The summed E-state index contributed by atoms with van der Waals surface area (Å²) in [4.78, 5) is 26.4. The molecule has 2 aromatic carbocycles. The van der Waals surface area contributed by atoms with Crippen LogP contribution in [0.25, 0.3) is 0 Å². The molecule has 0 saturated carbocycles. The van der Waals surface area contributed by atoms with Crippen LogP contribution in [0.3, 0.4) is 0 Å². The van der Waals surface area contributed by atoms with E-state index in [0.717, 1.165) is 11.3 Å². The van der Waals surface area contributed by atoms with E-state index in [-0.39, 0.29) is 23.0 Å². The van der Waals surface area contributed by atoms with Crippen molar-refractivity contribution in [2.24, 2.45) is 0 Å². The number of nitrogens with zero attached hydrogens (tertiary/aromatic N) is 1. The molecule has 1 aromatic heterocycles. The highest BCUT2D eigenvalue weighted by atomic mass is 32.2. The van der Waals surface area contributed by atoms with Gasteiger partial charge in [-0.3, -0.25) is 9.59 Å². The molecule has 0 bridgehead atoms. The molecule has 1 aliphatic heterocycles. The van der Waals surface area contributed by atoms with Crippen LogP contribution in [0.15, 0.2) is 71.3 Å². The minimum atomic E-state index is -0.356. The van der Waals surface area contributed by atoms with E-state index in [1.165, 1.54) is 24.3 Å². The van der Waals surface area contributed by atoms with Gasteiger partial charge < -0.3 is 14.6 Å². The van der Waals surface area contributed by atoms with Crippen LogP contribution in [-0.2, 0) is 11.3 Å². The number of nitrogens with one attached hydrogen (secondary N) is 1. The maximum atomic E-state index is 13.0. The van der Waals surface area contributed by atoms with Gasteiger partial charge in [-0.2, -0.15) is 0 Å². The SMILES string of the molecule is O=C(Nc1ccc(F)cc1)c1ccc([C@H]2SCC(=O)N2Cc2ccco2)cc1. The van der Waals surface area contributed by atoms with E-state index >= 15 is 0 Å². The monoisotopic (exact) mass is 396 g/mol. The van der Waals surface area contributed by atoms with Crippen molar-refractivity contribution in [2.75, 3.05) is 11.1 Å². The highest BCUT2D eigenvalue weighted by Gasteiger charge is 2.33. The highest BCUT2D eigenvalue weighted by Crippen LogP contribution is 2.39. The third kappa shape index (κ3) is 3.94. The summed E-state index contributed by atoms with van der Waals surface area (Å²) in [6, 6.07) is 16.4. The van der Waals surface area contributed by atoms with Crippen LogP contribution in [0.5, 0.6) is 0 Å². The summed E-state index contributed by atoms with van der Waals surface area (Å²) < 4.78 is 18.3. The van der Waals surface area contributed by atoms with Gasteiger partial charge in [0.05, 0.1) is 18.6 Å². The molecule has 142 valence electrons. The fourth-order valence-corrected chi connectivity index (χ4v) is 4.20. The van der Waals surface area contributed by atoms with Crippen molar-refractivity contribution in [3.05, 3.63) is 89.6 Å². The van der Waals surface area contributed by atoms with Crippen LogP contribution >= 0.6 is 11.8 Å². The Morgan fingerprint density at radius 1 is 1.14 bits per heavy atom. The van der Waals surface area contributed by atoms with Crippen molar-refractivity contribution in [1.29, 1.82) is 0 Å². The van der Waals surface area contributed by atoms with Crippen molar-refractivity contribution in [2.45, 2.75) is 11.9 Å². The number of hydrogen-bond donors (Lipinski definition) is 1. The van der Waals surface area contributed by atoms with Crippen molar-refractivity contribution in [3.8, 4) is 0 Å². The van der Waals surface area contributed by atoms with Gasteiger partial charge in [0.25, 0.3) is 5.91 Å². The summed E-state index contributed by atoms with van der Waals surface area (Å²) in [6.45, 7) is 0.413. The number of hydrogen-bond acceptors (Lipinski definition) is 4. The molecule has 5 nitrogen and oxygen atoms in total. The van der Waals surface area contributed by atoms with Crippen molar-refractivity contribution in [1.82, 2.24) is 4.90 Å². The highest BCUT2D eigenvalue weighted by molar-refractivity contribution is 8.00. The predicted octanol–water partition coefficient (Wildman–Crippen LogP) is 4.45. The molecule has 2 amide bonds. The Hall–Kier alpha value is -3.06. The zero-order valence-electron chi connectivity index (χ0n) is 14.8. The van der Waals surface area contributed by atoms with E-state index in [9.17, 15) is 14.0 Å². The molecule has 0 spiro atoms. The fourth-order valence-electron chi connectivity index (χ4n) is 3.01. The standard InChI is InChI=1S/C21H17FN2O3S/c22-16-7-9-17(10-8-16)23-20(26)14-3-5-15(6-4-14)21-24(19(25)13-28-21)12-18-2-1-11-27-18/h1-11,21H,12-13H2,(H,23,26)/t21-/m1/s1. The average Bonchev–Trinajstić information content (AvgIpc) is 3.35. The zero-order valence-corrected chi connectivity index (χ0v) is 15.6. The van der Waals surface area contributed by atoms with Crippen molar-refractivity contribution < 1.29 is 18.4 Å². The number of carbonyl (C=O) groups is 2. The molecule has 1 saturated heterocycles. The number of thioether (sulfide) groups is 1. The fraction of sp³-hybridized carbons (Fsp3) is 0.143. The van der Waals surface area contributed by atoms with Crippen molar-refractivity contribution in [3.63, 3.8) is 0 Å². The lowest BCUT2D eigenvalue weighted by Gasteiger charge is -2.23. The van der Waals surface area contributed by atoms with Gasteiger partial charge in [-0.15, -0.1) is 11.8 Å². The largest absolute Gasteiger partial charge is 0.467 e. The summed E-state index contributed by atoms with van der Waals surface area (Å²) in [5, 5.41) is 2.61. The molecule has 1 fully saturated rings. The van der Waals surface area contributed by atoms with Crippen LogP contribution in [0.4, 0.5) is 10.1 Å². The van der Waals surface area contributed by atoms with Crippen molar-refractivity contribution >= 4 is 29.3 Å². The topological polar surface area (TPSA) is 62.6 Å². The number of amides is 2. The summed E-state index contributed by atoms with van der Waals surface area (Å²) in [6.07, 6.45) is 1.59. The maximum Gasteiger partial charge on any atom is 0.255 e. The second-order valence-electron chi connectivity index (χ2n) is 6.35. The van der Waals surface area contributed by atoms with E-state index in [1.807, 2.05) is 18.2 Å². The van der Waals surface area contributed by atoms with Gasteiger partial charge in [-0.1, -0.05) is 12.1 Å². The number of halogens is 1. The lowest BCUT2D eigenvalue weighted by molar-refractivity contribution is -0.128. The lowest BCUT2D eigenvalue weighted by Crippen LogP contribution is -2.27. The molecule has 1 aliphatic rings. The molecule has 0 unspecified atom stereocenters. The van der Waals surface area contributed by atoms with Gasteiger partial charge in [0.15, 0.2) is 0 Å². The minimum Gasteiger partial charge on any atom is -0.467 e. The van der Waals surface area contributed by atoms with E-state index in [0.29, 0.717) is 23.5 Å². The zero-order chi connectivity index (χ0) is 19.5. The first kappa shape index (κ1) is 18.3. The number of carbonyl (C=O) groups excluding carboxylic acids is 2. The van der Waals surface area contributed by atoms with Gasteiger partial charge in [0, 0.05) is 11.3 Å². The third-order valence-electron chi connectivity index (χ3n) is 4.43. The van der Waals surface area contributed by atoms with Gasteiger partial charge in [-0.25, -0.2) is 4.39 Å². The molecular formula is C21H17FN2O3S. The Balaban J connectivity index is 1.46. The maximum absolute atomic E-state index is 13.0. The van der Waals surface area contributed by atoms with Crippen LogP contribution in [0, 0.1) is 5.82 Å². The van der Waals surface area contributed by atoms with Crippen LogP contribution in [0.2, 0.25) is 0 Å². The number of benzene rings is 2. The lowest BCUT2D eigenvalue weighted by atomic mass is 10.1. The van der Waals surface area contributed by atoms with Gasteiger partial charge in [0.1, 0.15) is 17.0 Å². The van der Waals surface area contributed by atoms with E-state index in [2.05, 4.69) is 5.32 Å². The first-order valence-corrected chi connectivity index (χ1v) is 9.75. The number of rotatable bonds is 5. The molecule has 7 heteroatoms. The summed E-state index contributed by atoms with van der Waals surface area (Å²) in [5.74, 6) is 0.574. The number of anilines is 1. The van der Waals surface area contributed by atoms with Gasteiger partial charge in [0.2, 0.25) is 5.91 Å². The molecule has 0 radical (unpaired) electrons. The summed E-state index contributed by atoms with van der Waals surface area (Å²) in [5.41, 5.74) is 1.96.